The monoisotopic (exact) mass is 186 g/mol. The molecular formula is C10H18O3. The van der Waals surface area contributed by atoms with Gasteiger partial charge in [0.15, 0.2) is 0 Å². The first-order valence-electron chi connectivity index (χ1n) is 4.56. The zero-order valence-corrected chi connectivity index (χ0v) is 8.79. The molecule has 0 heterocycles. The molecule has 0 aliphatic rings. The van der Waals surface area contributed by atoms with Crippen LogP contribution in [0, 0.1) is 0 Å². The second-order valence-electron chi connectivity index (χ2n) is 3.57. The van der Waals surface area contributed by atoms with Crippen molar-refractivity contribution in [3.8, 4) is 0 Å². The highest BCUT2D eigenvalue weighted by Gasteiger charge is 2.11. The van der Waals surface area contributed by atoms with Gasteiger partial charge in [0.2, 0.25) is 0 Å². The zero-order valence-electron chi connectivity index (χ0n) is 8.79. The Morgan fingerprint density at radius 3 is 1.54 bits per heavy atom. The molecule has 0 rings (SSSR count). The quantitative estimate of drug-likeness (QED) is 0.634. The summed E-state index contributed by atoms with van der Waals surface area (Å²) in [5.74, 6) is 0.227. The summed E-state index contributed by atoms with van der Waals surface area (Å²) in [5.41, 5.74) is 0. The van der Waals surface area contributed by atoms with Crippen LogP contribution in [0.15, 0.2) is 0 Å². The van der Waals surface area contributed by atoms with Gasteiger partial charge in [-0.15, -0.1) is 0 Å². The summed E-state index contributed by atoms with van der Waals surface area (Å²) in [7, 11) is 0. The zero-order chi connectivity index (χ0) is 10.4. The van der Waals surface area contributed by atoms with E-state index in [4.69, 9.17) is 4.74 Å². The molecule has 0 bridgehead atoms. The molecule has 2 atom stereocenters. The standard InChI is InChI=1S/C10H18O3/c1-7(11)5-9(3)13-10(4)6-8(2)12/h9-10H,5-6H2,1-4H3. The Bertz CT molecular complexity index is 167. The molecule has 0 aliphatic carbocycles. The Morgan fingerprint density at radius 1 is 1.00 bits per heavy atom. The molecular weight excluding hydrogens is 168 g/mol. The summed E-state index contributed by atoms with van der Waals surface area (Å²) in [5, 5.41) is 0. The van der Waals surface area contributed by atoms with E-state index in [-0.39, 0.29) is 23.8 Å². The average molecular weight is 186 g/mol. The van der Waals surface area contributed by atoms with E-state index < -0.39 is 0 Å². The predicted octanol–water partition coefficient (Wildman–Crippen LogP) is 1.74. The predicted molar refractivity (Wildman–Crippen MR) is 50.6 cm³/mol. The van der Waals surface area contributed by atoms with E-state index in [0.29, 0.717) is 12.8 Å². The SMILES string of the molecule is CC(=O)CC(C)OC(C)CC(C)=O. The van der Waals surface area contributed by atoms with Crippen molar-refractivity contribution in [1.29, 1.82) is 0 Å². The fraction of sp³-hybridized carbons (Fsp3) is 0.800. The molecule has 3 nitrogen and oxygen atoms in total. The number of hydrogen-bond acceptors (Lipinski definition) is 3. The fourth-order valence-electron chi connectivity index (χ4n) is 1.30. The van der Waals surface area contributed by atoms with Gasteiger partial charge < -0.3 is 4.74 Å². The third-order valence-electron chi connectivity index (χ3n) is 1.61. The molecule has 0 radical (unpaired) electrons. The van der Waals surface area contributed by atoms with Crippen LogP contribution in [0.25, 0.3) is 0 Å². The van der Waals surface area contributed by atoms with Gasteiger partial charge in [-0.2, -0.15) is 0 Å². The Morgan fingerprint density at radius 2 is 1.31 bits per heavy atom. The molecule has 0 fully saturated rings. The largest absolute Gasteiger partial charge is 0.375 e. The molecule has 3 heteroatoms. The Hall–Kier alpha value is -0.700. The van der Waals surface area contributed by atoms with E-state index >= 15 is 0 Å². The molecule has 2 unspecified atom stereocenters. The lowest BCUT2D eigenvalue weighted by atomic mass is 10.2. The summed E-state index contributed by atoms with van der Waals surface area (Å²) in [4.78, 5) is 21.4. The van der Waals surface area contributed by atoms with Crippen molar-refractivity contribution in [3.63, 3.8) is 0 Å². The van der Waals surface area contributed by atoms with E-state index in [9.17, 15) is 9.59 Å². The van der Waals surface area contributed by atoms with Crippen LogP contribution in [0.4, 0.5) is 0 Å². The van der Waals surface area contributed by atoms with Gasteiger partial charge in [0.1, 0.15) is 11.6 Å². The van der Waals surface area contributed by atoms with E-state index in [1.54, 1.807) is 0 Å². The first kappa shape index (κ1) is 12.3. The lowest BCUT2D eigenvalue weighted by Crippen LogP contribution is -2.21. The summed E-state index contributed by atoms with van der Waals surface area (Å²) in [6, 6.07) is 0. The maximum absolute atomic E-state index is 10.7. The second kappa shape index (κ2) is 5.86. The number of Topliss-reactive ketones (excluding diaryl/α,β-unsaturated/α-hetero) is 2. The van der Waals surface area contributed by atoms with Crippen molar-refractivity contribution in [2.75, 3.05) is 0 Å². The number of rotatable bonds is 6. The van der Waals surface area contributed by atoms with Crippen LogP contribution in [-0.2, 0) is 14.3 Å². The molecule has 0 saturated carbocycles. The molecule has 0 aromatic carbocycles. The maximum Gasteiger partial charge on any atom is 0.132 e. The molecule has 13 heavy (non-hydrogen) atoms. The Balaban J connectivity index is 3.70. The minimum Gasteiger partial charge on any atom is -0.375 e. The molecule has 0 amide bonds. The van der Waals surface area contributed by atoms with Gasteiger partial charge in [-0.05, 0) is 27.7 Å². The van der Waals surface area contributed by atoms with Crippen LogP contribution < -0.4 is 0 Å². The first-order valence-corrected chi connectivity index (χ1v) is 4.56. The van der Waals surface area contributed by atoms with Crippen molar-refractivity contribution in [3.05, 3.63) is 0 Å². The van der Waals surface area contributed by atoms with Crippen LogP contribution in [0.1, 0.15) is 40.5 Å². The normalized spacial score (nSPS) is 15.1. The summed E-state index contributed by atoms with van der Waals surface area (Å²) >= 11 is 0. The molecule has 0 N–H and O–H groups in total. The third kappa shape index (κ3) is 7.65. The maximum atomic E-state index is 10.7. The lowest BCUT2D eigenvalue weighted by molar-refractivity contribution is -0.122. The summed E-state index contributed by atoms with van der Waals surface area (Å²) in [6.07, 6.45) is 0.656. The highest BCUT2D eigenvalue weighted by atomic mass is 16.5. The van der Waals surface area contributed by atoms with E-state index in [1.165, 1.54) is 13.8 Å². The van der Waals surface area contributed by atoms with Crippen LogP contribution in [0.2, 0.25) is 0 Å². The number of carbonyl (C=O) groups excluding carboxylic acids is 2. The van der Waals surface area contributed by atoms with Crippen LogP contribution >= 0.6 is 0 Å². The van der Waals surface area contributed by atoms with Gasteiger partial charge in [0, 0.05) is 12.8 Å². The van der Waals surface area contributed by atoms with Gasteiger partial charge in [-0.25, -0.2) is 0 Å². The van der Waals surface area contributed by atoms with Crippen molar-refractivity contribution in [2.45, 2.75) is 52.7 Å². The minimum absolute atomic E-state index is 0.0909. The van der Waals surface area contributed by atoms with Crippen LogP contribution in [0.5, 0.6) is 0 Å². The van der Waals surface area contributed by atoms with E-state index in [0.717, 1.165) is 0 Å². The summed E-state index contributed by atoms with van der Waals surface area (Å²) < 4.78 is 5.43. The number of ether oxygens (including phenoxy) is 1. The summed E-state index contributed by atoms with van der Waals surface area (Å²) in [6.45, 7) is 6.76. The topological polar surface area (TPSA) is 43.4 Å². The molecule has 76 valence electrons. The number of carbonyl (C=O) groups is 2. The highest BCUT2D eigenvalue weighted by Crippen LogP contribution is 2.06. The Labute approximate surface area is 79.5 Å². The van der Waals surface area contributed by atoms with Gasteiger partial charge >= 0.3 is 0 Å². The third-order valence-corrected chi connectivity index (χ3v) is 1.61. The Kier molecular flexibility index (Phi) is 5.55. The number of hydrogen-bond donors (Lipinski definition) is 0. The lowest BCUT2D eigenvalue weighted by Gasteiger charge is -2.16. The highest BCUT2D eigenvalue weighted by molar-refractivity contribution is 5.76. The van der Waals surface area contributed by atoms with Gasteiger partial charge in [0.25, 0.3) is 0 Å². The van der Waals surface area contributed by atoms with Crippen LogP contribution in [-0.4, -0.2) is 23.8 Å². The molecule has 0 aliphatic heterocycles. The first-order chi connectivity index (χ1) is 5.91. The van der Waals surface area contributed by atoms with Crippen LogP contribution in [0.3, 0.4) is 0 Å². The molecule has 0 aromatic heterocycles. The average Bonchev–Trinajstić information content (AvgIpc) is 1.80. The minimum atomic E-state index is -0.0909. The van der Waals surface area contributed by atoms with E-state index in [1.807, 2.05) is 13.8 Å². The van der Waals surface area contributed by atoms with Crippen molar-refractivity contribution < 1.29 is 14.3 Å². The molecule has 0 spiro atoms. The van der Waals surface area contributed by atoms with Gasteiger partial charge in [0.05, 0.1) is 12.2 Å². The van der Waals surface area contributed by atoms with Crippen molar-refractivity contribution in [2.24, 2.45) is 0 Å². The fourth-order valence-corrected chi connectivity index (χ4v) is 1.30. The van der Waals surface area contributed by atoms with E-state index in [2.05, 4.69) is 0 Å². The van der Waals surface area contributed by atoms with Crippen molar-refractivity contribution >= 4 is 11.6 Å². The smallest absolute Gasteiger partial charge is 0.132 e. The van der Waals surface area contributed by atoms with Gasteiger partial charge in [-0.1, -0.05) is 0 Å². The second-order valence-corrected chi connectivity index (χ2v) is 3.57. The van der Waals surface area contributed by atoms with Crippen molar-refractivity contribution in [1.82, 2.24) is 0 Å². The molecule has 0 saturated heterocycles. The van der Waals surface area contributed by atoms with Gasteiger partial charge in [-0.3, -0.25) is 9.59 Å². The molecule has 0 aromatic rings. The number of ketones is 2.